The number of halogens is 1. The van der Waals surface area contributed by atoms with Gasteiger partial charge in [-0.25, -0.2) is 4.98 Å². The highest BCUT2D eigenvalue weighted by atomic mass is 35.5. The van der Waals surface area contributed by atoms with E-state index in [4.69, 9.17) is 11.6 Å². The van der Waals surface area contributed by atoms with Crippen LogP contribution in [-0.2, 0) is 5.41 Å². The molecule has 2 aromatic heterocycles. The molecule has 142 valence electrons. The summed E-state index contributed by atoms with van der Waals surface area (Å²) in [4.78, 5) is 37.3. The van der Waals surface area contributed by atoms with Crippen LogP contribution in [0.5, 0.6) is 0 Å². The molecule has 0 bridgehead atoms. The monoisotopic (exact) mass is 386 g/mol. The third-order valence-corrected chi connectivity index (χ3v) is 4.12. The lowest BCUT2D eigenvalue weighted by molar-refractivity contribution is 0.571. The van der Waals surface area contributed by atoms with Gasteiger partial charge in [0.1, 0.15) is 10.7 Å². The van der Waals surface area contributed by atoms with Crippen molar-refractivity contribution in [3.8, 4) is 0 Å². The van der Waals surface area contributed by atoms with Gasteiger partial charge in [0, 0.05) is 16.1 Å². The molecule has 0 aliphatic heterocycles. The van der Waals surface area contributed by atoms with E-state index in [-0.39, 0.29) is 23.5 Å². The zero-order valence-corrected chi connectivity index (χ0v) is 15.4. The van der Waals surface area contributed by atoms with Crippen molar-refractivity contribution in [2.75, 3.05) is 0 Å². The van der Waals surface area contributed by atoms with Gasteiger partial charge in [-0.1, -0.05) is 51.9 Å². The molecule has 0 fully saturated rings. The smallest absolute Gasteiger partial charge is 0.272 e. The third-order valence-electron chi connectivity index (χ3n) is 3.87. The molecule has 0 atom stereocenters. The van der Waals surface area contributed by atoms with Gasteiger partial charge in [-0.05, 0) is 29.8 Å². The Morgan fingerprint density at radius 3 is 2.07 bits per heavy atom. The van der Waals surface area contributed by atoms with Crippen LogP contribution < -0.4 is 21.8 Å². The molecule has 0 aliphatic rings. The molecule has 0 spiro atoms. The average Bonchev–Trinajstić information content (AvgIpc) is 3.03. The highest BCUT2D eigenvalue weighted by molar-refractivity contribution is 6.30. The van der Waals surface area contributed by atoms with E-state index in [1.54, 1.807) is 42.7 Å². The predicted molar refractivity (Wildman–Crippen MR) is 110 cm³/mol. The molecule has 3 rings (SSSR count). The molecule has 0 saturated heterocycles. The number of hydrogen-bond donors (Lipinski definition) is 3. The third kappa shape index (κ3) is 4.65. The Morgan fingerprint density at radius 1 is 0.963 bits per heavy atom. The number of benzene rings is 1. The lowest BCUT2D eigenvalue weighted by Gasteiger charge is -2.16. The van der Waals surface area contributed by atoms with Crippen LogP contribution in [0.4, 0.5) is 0 Å². The molecule has 0 unspecified atom stereocenters. The molecular weight excluding hydrogens is 364 g/mol. The fourth-order valence-corrected chi connectivity index (χ4v) is 2.70. The van der Waals surface area contributed by atoms with Crippen LogP contribution in [0.15, 0.2) is 40.2 Å². The number of aromatic nitrogens is 4. The summed E-state index contributed by atoms with van der Waals surface area (Å²) in [6.45, 7) is 6.11. The fourth-order valence-electron chi connectivity index (χ4n) is 2.57. The van der Waals surface area contributed by atoms with Gasteiger partial charge in [-0.3, -0.25) is 9.59 Å². The molecule has 6 nitrogen and oxygen atoms in total. The molecule has 0 radical (unpaired) electrons. The van der Waals surface area contributed by atoms with Crippen LogP contribution in [-0.4, -0.2) is 19.9 Å². The maximum Gasteiger partial charge on any atom is 0.272 e. The Balaban J connectivity index is 0.00000261. The fraction of sp³-hybridized carbons (Fsp3) is 0.250. The highest BCUT2D eigenvalue weighted by Gasteiger charge is 2.19. The van der Waals surface area contributed by atoms with Crippen LogP contribution in [0, 0.1) is 0 Å². The summed E-state index contributed by atoms with van der Waals surface area (Å²) in [5.74, 6) is 0. The van der Waals surface area contributed by atoms with Gasteiger partial charge in [-0.2, -0.15) is 0 Å². The van der Waals surface area contributed by atoms with Gasteiger partial charge in [-0.15, -0.1) is 0 Å². The van der Waals surface area contributed by atoms with Crippen molar-refractivity contribution in [2.45, 2.75) is 33.6 Å². The molecule has 2 heterocycles. The van der Waals surface area contributed by atoms with Crippen LogP contribution in [0.2, 0.25) is 5.02 Å². The first kappa shape index (κ1) is 20.5. The quantitative estimate of drug-likeness (QED) is 0.629. The highest BCUT2D eigenvalue weighted by Crippen LogP contribution is 2.22. The Hall–Kier alpha value is -2.86. The van der Waals surface area contributed by atoms with Crippen molar-refractivity contribution < 1.29 is 0 Å². The summed E-state index contributed by atoms with van der Waals surface area (Å²) in [5, 5.41) is 0.927. The van der Waals surface area contributed by atoms with E-state index in [0.717, 1.165) is 11.3 Å². The number of imidazole rings is 1. The van der Waals surface area contributed by atoms with Crippen molar-refractivity contribution in [2.24, 2.45) is 0 Å². The molecule has 3 aromatic rings. The molecule has 1 aromatic carbocycles. The normalized spacial score (nSPS) is 12.9. The zero-order valence-electron chi connectivity index (χ0n) is 14.7. The Kier molecular flexibility index (Phi) is 5.91. The van der Waals surface area contributed by atoms with Crippen molar-refractivity contribution in [1.82, 2.24) is 19.9 Å². The molecule has 27 heavy (non-hydrogen) atoms. The number of hydrogen-bond acceptors (Lipinski definition) is 3. The molecule has 0 aliphatic carbocycles. The van der Waals surface area contributed by atoms with E-state index in [9.17, 15) is 9.59 Å². The summed E-state index contributed by atoms with van der Waals surface area (Å²) >= 11 is 5.85. The largest absolute Gasteiger partial charge is 0.348 e. The summed E-state index contributed by atoms with van der Waals surface area (Å²) in [6.07, 6.45) is 4.74. The Labute approximate surface area is 161 Å². The second-order valence-corrected chi connectivity index (χ2v) is 7.43. The first-order valence-corrected chi connectivity index (χ1v) is 8.47. The minimum absolute atomic E-state index is 0. The molecule has 3 N–H and O–H groups in total. The van der Waals surface area contributed by atoms with Crippen LogP contribution >= 0.6 is 11.6 Å². The van der Waals surface area contributed by atoms with E-state index < -0.39 is 11.1 Å². The van der Waals surface area contributed by atoms with Crippen molar-refractivity contribution in [3.05, 3.63) is 84.0 Å². The second kappa shape index (κ2) is 7.80. The van der Waals surface area contributed by atoms with E-state index in [2.05, 4.69) is 19.9 Å². The van der Waals surface area contributed by atoms with Gasteiger partial charge >= 0.3 is 0 Å². The van der Waals surface area contributed by atoms with Gasteiger partial charge in [0.25, 0.3) is 11.1 Å². The lowest BCUT2D eigenvalue weighted by Crippen LogP contribution is -2.46. The van der Waals surface area contributed by atoms with Crippen molar-refractivity contribution in [1.29, 1.82) is 0 Å². The van der Waals surface area contributed by atoms with Crippen LogP contribution in [0.3, 0.4) is 0 Å². The molecule has 0 amide bonds. The van der Waals surface area contributed by atoms with Gasteiger partial charge in [0.05, 0.1) is 12.0 Å². The minimum Gasteiger partial charge on any atom is -0.348 e. The van der Waals surface area contributed by atoms with Crippen LogP contribution in [0.25, 0.3) is 12.2 Å². The lowest BCUT2D eigenvalue weighted by atomic mass is 9.90. The van der Waals surface area contributed by atoms with Crippen molar-refractivity contribution >= 4 is 23.8 Å². The van der Waals surface area contributed by atoms with Gasteiger partial charge < -0.3 is 15.0 Å². The number of H-pyrrole nitrogens is 3. The molecule has 7 heteroatoms. The first-order chi connectivity index (χ1) is 12.2. The standard InChI is InChI=1S/C19H19ClN4O2.CH4/c1-19(2,3)16-13(21-10-22-16)9-15-18(26)23-14(17(25)24-15)8-11-4-6-12(20)7-5-11;/h4-10H,1-3H3,(H,21,22)(H,23,26)(H,24,25);1H4/b14-8-,15-9-;. The van der Waals surface area contributed by atoms with Gasteiger partial charge in [0.15, 0.2) is 0 Å². The average molecular weight is 387 g/mol. The maximum atomic E-state index is 12.4. The van der Waals surface area contributed by atoms with E-state index in [0.29, 0.717) is 10.7 Å². The number of nitrogens with one attached hydrogen (secondary N) is 3. The van der Waals surface area contributed by atoms with Gasteiger partial charge in [0.2, 0.25) is 0 Å². The number of rotatable bonds is 2. The second-order valence-electron chi connectivity index (χ2n) is 6.99. The topological polar surface area (TPSA) is 94.4 Å². The summed E-state index contributed by atoms with van der Waals surface area (Å²) in [7, 11) is 0. The minimum atomic E-state index is -0.396. The summed E-state index contributed by atoms with van der Waals surface area (Å²) in [6, 6.07) is 6.96. The summed E-state index contributed by atoms with van der Waals surface area (Å²) < 4.78 is 0. The summed E-state index contributed by atoms with van der Waals surface area (Å²) in [5.41, 5.74) is 1.31. The number of nitrogens with zero attached hydrogens (tertiary/aromatic N) is 1. The van der Waals surface area contributed by atoms with Crippen molar-refractivity contribution in [3.63, 3.8) is 0 Å². The van der Waals surface area contributed by atoms with Crippen LogP contribution in [0.1, 0.15) is 45.1 Å². The van der Waals surface area contributed by atoms with E-state index in [1.807, 2.05) is 20.8 Å². The Bertz CT molecular complexity index is 1160. The zero-order chi connectivity index (χ0) is 18.9. The van der Waals surface area contributed by atoms with E-state index in [1.165, 1.54) is 0 Å². The maximum absolute atomic E-state index is 12.4. The van der Waals surface area contributed by atoms with E-state index >= 15 is 0 Å². The number of aromatic amines is 3. The Morgan fingerprint density at radius 2 is 1.52 bits per heavy atom. The SMILES string of the molecule is C.CC(C)(C)c1[nH]cnc1/C=c1\[nH]c(=O)/c(=C/c2ccc(Cl)cc2)[nH]c1=O. The first-order valence-electron chi connectivity index (χ1n) is 8.09. The predicted octanol–water partition coefficient (Wildman–Crippen LogP) is 2.03. The molecule has 0 saturated carbocycles. The molecular formula is C20H23ClN4O2.